The molecule has 3 aliphatic rings. The molecule has 0 unspecified atom stereocenters. The van der Waals surface area contributed by atoms with Crippen LogP contribution in [0.15, 0.2) is 6.20 Å². The summed E-state index contributed by atoms with van der Waals surface area (Å²) >= 11 is 0. The van der Waals surface area contributed by atoms with Gasteiger partial charge in [0, 0.05) is 57.2 Å². The lowest BCUT2D eigenvalue weighted by Gasteiger charge is -2.36. The average Bonchev–Trinajstić information content (AvgIpc) is 3.23. The fourth-order valence-corrected chi connectivity index (χ4v) is 4.70. The maximum absolute atomic E-state index is 13.0. The molecule has 7 heteroatoms. The smallest absolute Gasteiger partial charge is 0.239 e. The first-order valence-electron chi connectivity index (χ1n) is 10.7. The summed E-state index contributed by atoms with van der Waals surface area (Å²) in [6, 6.07) is -0.0434. The molecule has 0 bridgehead atoms. The van der Waals surface area contributed by atoms with Crippen LogP contribution in [0.4, 0.5) is 0 Å². The van der Waals surface area contributed by atoms with Gasteiger partial charge in [-0.05, 0) is 39.3 Å². The number of amides is 2. The molecule has 2 amide bonds. The number of piperidine rings is 1. The highest BCUT2D eigenvalue weighted by molar-refractivity contribution is 5.81. The molecule has 4 heterocycles. The third kappa shape index (κ3) is 3.90. The number of nitrogens with zero attached hydrogens (tertiary/aromatic N) is 5. The number of carbonyl (C=O) groups excluding carboxylic acids is 2. The van der Waals surface area contributed by atoms with Gasteiger partial charge in [0.2, 0.25) is 11.8 Å². The van der Waals surface area contributed by atoms with Gasteiger partial charge in [-0.3, -0.25) is 14.5 Å². The third-order valence-corrected chi connectivity index (χ3v) is 6.56. The summed E-state index contributed by atoms with van der Waals surface area (Å²) in [4.78, 5) is 40.1. The van der Waals surface area contributed by atoms with Crippen molar-refractivity contribution in [2.75, 3.05) is 32.7 Å². The number of likely N-dealkylation sites (tertiary alicyclic amines) is 2. The van der Waals surface area contributed by atoms with Crippen molar-refractivity contribution in [3.05, 3.63) is 23.3 Å². The molecule has 0 saturated carbocycles. The normalized spacial score (nSPS) is 24.1. The topological polar surface area (TPSA) is 69.6 Å². The molecule has 2 atom stereocenters. The predicted molar refractivity (Wildman–Crippen MR) is 106 cm³/mol. The zero-order valence-electron chi connectivity index (χ0n) is 17.1. The van der Waals surface area contributed by atoms with Crippen LogP contribution in [0.25, 0.3) is 0 Å². The van der Waals surface area contributed by atoms with E-state index in [-0.39, 0.29) is 23.8 Å². The Hall–Kier alpha value is -2.02. The molecule has 0 radical (unpaired) electrons. The average molecular weight is 386 g/mol. The highest BCUT2D eigenvalue weighted by atomic mass is 16.2. The molecule has 0 aromatic carbocycles. The minimum absolute atomic E-state index is 0.0434. The Morgan fingerprint density at radius 3 is 2.61 bits per heavy atom. The van der Waals surface area contributed by atoms with E-state index in [0.717, 1.165) is 56.1 Å². The fourth-order valence-electron chi connectivity index (χ4n) is 4.70. The predicted octanol–water partition coefficient (Wildman–Crippen LogP) is 1.57. The third-order valence-electron chi connectivity index (χ3n) is 6.56. The van der Waals surface area contributed by atoms with Crippen molar-refractivity contribution in [3.8, 4) is 0 Å². The number of aromatic nitrogens is 2. The first-order chi connectivity index (χ1) is 13.5. The van der Waals surface area contributed by atoms with Crippen LogP contribution in [0.1, 0.15) is 62.5 Å². The lowest BCUT2D eigenvalue weighted by Crippen LogP contribution is -2.50. The molecule has 0 aliphatic carbocycles. The van der Waals surface area contributed by atoms with Gasteiger partial charge >= 0.3 is 0 Å². The molecule has 1 aromatic heterocycles. The molecule has 152 valence electrons. The molecule has 28 heavy (non-hydrogen) atoms. The maximum atomic E-state index is 13.0. The quantitative estimate of drug-likeness (QED) is 0.790. The van der Waals surface area contributed by atoms with E-state index in [1.807, 2.05) is 22.9 Å². The van der Waals surface area contributed by atoms with E-state index in [9.17, 15) is 9.59 Å². The summed E-state index contributed by atoms with van der Waals surface area (Å²) < 4.78 is 0. The monoisotopic (exact) mass is 385 g/mol. The van der Waals surface area contributed by atoms with Crippen molar-refractivity contribution in [1.82, 2.24) is 24.7 Å². The van der Waals surface area contributed by atoms with Gasteiger partial charge in [0.25, 0.3) is 0 Å². The fraction of sp³-hybridized carbons (Fsp3) is 0.714. The highest BCUT2D eigenvalue weighted by Gasteiger charge is 2.31. The van der Waals surface area contributed by atoms with Gasteiger partial charge in [-0.25, -0.2) is 9.97 Å². The first-order valence-corrected chi connectivity index (χ1v) is 10.7. The molecule has 2 fully saturated rings. The minimum atomic E-state index is -0.0434. The summed E-state index contributed by atoms with van der Waals surface area (Å²) in [7, 11) is 0. The maximum Gasteiger partial charge on any atom is 0.239 e. The Morgan fingerprint density at radius 2 is 1.89 bits per heavy atom. The van der Waals surface area contributed by atoms with Crippen LogP contribution < -0.4 is 0 Å². The Bertz CT molecular complexity index is 746. The van der Waals surface area contributed by atoms with Crippen LogP contribution in [0.3, 0.4) is 0 Å². The van der Waals surface area contributed by atoms with E-state index in [1.54, 1.807) is 6.92 Å². The molecule has 4 rings (SSSR count). The van der Waals surface area contributed by atoms with E-state index < -0.39 is 0 Å². The van der Waals surface area contributed by atoms with E-state index in [2.05, 4.69) is 9.88 Å². The molecule has 0 N–H and O–H groups in total. The standard InChI is InChI=1S/C21H31N5O2/c1-15(24-8-4-3-5-9-24)21(28)26-11-7-19-18(14-26)12-22-20(23-19)17-6-10-25(13-17)16(2)27/h12,15,17H,3-11,13-14H2,1-2H3/t15-,17+/m0/s1. The van der Waals surface area contributed by atoms with Crippen molar-refractivity contribution < 1.29 is 9.59 Å². The van der Waals surface area contributed by atoms with Crippen molar-refractivity contribution in [3.63, 3.8) is 0 Å². The molecule has 0 spiro atoms. The summed E-state index contributed by atoms with van der Waals surface area (Å²) in [6.07, 6.45) is 7.28. The largest absolute Gasteiger partial charge is 0.342 e. The number of hydrogen-bond donors (Lipinski definition) is 0. The van der Waals surface area contributed by atoms with Crippen molar-refractivity contribution in [1.29, 1.82) is 0 Å². The van der Waals surface area contributed by atoms with Crippen LogP contribution in [0, 0.1) is 0 Å². The van der Waals surface area contributed by atoms with E-state index >= 15 is 0 Å². The van der Waals surface area contributed by atoms with Gasteiger partial charge in [0.1, 0.15) is 5.82 Å². The van der Waals surface area contributed by atoms with Crippen LogP contribution in [-0.2, 0) is 22.6 Å². The molecule has 2 saturated heterocycles. The molecule has 3 aliphatic heterocycles. The molecular weight excluding hydrogens is 354 g/mol. The van der Waals surface area contributed by atoms with Crippen LogP contribution in [-0.4, -0.2) is 75.2 Å². The van der Waals surface area contributed by atoms with Crippen molar-refractivity contribution >= 4 is 11.8 Å². The Kier molecular flexibility index (Phi) is 5.62. The van der Waals surface area contributed by atoms with E-state index in [0.29, 0.717) is 13.1 Å². The molecule has 7 nitrogen and oxygen atoms in total. The zero-order valence-corrected chi connectivity index (χ0v) is 17.1. The van der Waals surface area contributed by atoms with Gasteiger partial charge < -0.3 is 9.80 Å². The Morgan fingerprint density at radius 1 is 1.11 bits per heavy atom. The summed E-state index contributed by atoms with van der Waals surface area (Å²) in [6.45, 7) is 8.56. The lowest BCUT2D eigenvalue weighted by molar-refractivity contribution is -0.137. The Balaban J connectivity index is 1.40. The second-order valence-corrected chi connectivity index (χ2v) is 8.43. The van der Waals surface area contributed by atoms with Gasteiger partial charge in [0.05, 0.1) is 11.7 Å². The highest BCUT2D eigenvalue weighted by Crippen LogP contribution is 2.27. The first kappa shape index (κ1) is 19.3. The second-order valence-electron chi connectivity index (χ2n) is 8.43. The van der Waals surface area contributed by atoms with Gasteiger partial charge in [-0.15, -0.1) is 0 Å². The number of rotatable bonds is 3. The van der Waals surface area contributed by atoms with Gasteiger partial charge in [0.15, 0.2) is 0 Å². The molecular formula is C21H31N5O2. The number of hydrogen-bond acceptors (Lipinski definition) is 5. The summed E-state index contributed by atoms with van der Waals surface area (Å²) in [5, 5.41) is 0. The molecule has 1 aromatic rings. The van der Waals surface area contributed by atoms with Crippen LogP contribution >= 0.6 is 0 Å². The van der Waals surface area contributed by atoms with Crippen molar-refractivity contribution in [2.45, 2.75) is 64.5 Å². The Labute approximate surface area is 167 Å². The lowest BCUT2D eigenvalue weighted by atomic mass is 10.0. The van der Waals surface area contributed by atoms with E-state index in [1.165, 1.54) is 19.3 Å². The summed E-state index contributed by atoms with van der Waals surface area (Å²) in [5.74, 6) is 1.43. The summed E-state index contributed by atoms with van der Waals surface area (Å²) in [5.41, 5.74) is 2.14. The van der Waals surface area contributed by atoms with Crippen molar-refractivity contribution in [2.24, 2.45) is 0 Å². The van der Waals surface area contributed by atoms with Gasteiger partial charge in [-0.2, -0.15) is 0 Å². The van der Waals surface area contributed by atoms with Gasteiger partial charge in [-0.1, -0.05) is 6.42 Å². The zero-order chi connectivity index (χ0) is 19.7. The minimum Gasteiger partial charge on any atom is -0.342 e. The number of fused-ring (bicyclic) bond motifs is 1. The van der Waals surface area contributed by atoms with E-state index in [4.69, 9.17) is 4.98 Å². The second kappa shape index (κ2) is 8.15. The SMILES string of the molecule is CC(=O)N1CC[C@@H](c2ncc3c(n2)CCN(C(=O)[C@H](C)N2CCCCC2)C3)C1. The van der Waals surface area contributed by atoms with Crippen LogP contribution in [0.5, 0.6) is 0 Å². The van der Waals surface area contributed by atoms with Crippen LogP contribution in [0.2, 0.25) is 0 Å². The number of carbonyl (C=O) groups is 2.